The van der Waals surface area contributed by atoms with Gasteiger partial charge in [0.2, 0.25) is 0 Å². The number of hydrogen-bond donors (Lipinski definition) is 0. The molecule has 3 rings (SSSR count). The van der Waals surface area contributed by atoms with Crippen LogP contribution in [0.2, 0.25) is 5.02 Å². The van der Waals surface area contributed by atoms with Crippen molar-refractivity contribution in [2.45, 2.75) is 0 Å². The third-order valence-electron chi connectivity index (χ3n) is 4.09. The molecule has 1 aliphatic heterocycles. The molecular weight excluding hydrogens is 348 g/mol. The molecule has 0 N–H and O–H groups in total. The van der Waals surface area contributed by atoms with E-state index in [9.17, 15) is 20.1 Å². The molecule has 130 valence electrons. The second-order valence-corrected chi connectivity index (χ2v) is 6.05. The number of piperazine rings is 1. The summed E-state index contributed by atoms with van der Waals surface area (Å²) in [6, 6.07) is 7.53. The first kappa shape index (κ1) is 17.0. The number of amides is 1. The van der Waals surface area contributed by atoms with Gasteiger partial charge in [0.15, 0.2) is 12.4 Å². The van der Waals surface area contributed by atoms with Gasteiger partial charge in [0.25, 0.3) is 11.6 Å². The Morgan fingerprint density at radius 3 is 2.36 bits per heavy atom. The van der Waals surface area contributed by atoms with E-state index >= 15 is 0 Å². The molecule has 0 unspecified atom stereocenters. The summed E-state index contributed by atoms with van der Waals surface area (Å²) >= 11 is 5.84. The van der Waals surface area contributed by atoms with Crippen LogP contribution in [0, 0.1) is 15.3 Å². The van der Waals surface area contributed by atoms with Gasteiger partial charge in [-0.15, -0.1) is 0 Å². The van der Waals surface area contributed by atoms with Crippen LogP contribution in [-0.2, 0) is 0 Å². The standard InChI is InChI=1S/C16H15ClN4O4/c17-13-1-2-14(15(11-13)21(24)25)18-7-9-19(10-8-18)16(22)12-3-5-20(23)6-4-12/h1-6,11H,7-10H2. The smallest absolute Gasteiger partial charge is 0.294 e. The number of carbonyl (C=O) groups excluding carboxylic acids is 1. The Kier molecular flexibility index (Phi) is 4.71. The van der Waals surface area contributed by atoms with Crippen molar-refractivity contribution < 1.29 is 14.4 Å². The molecule has 0 spiro atoms. The minimum Gasteiger partial charge on any atom is -0.619 e. The van der Waals surface area contributed by atoms with Gasteiger partial charge in [-0.2, -0.15) is 4.73 Å². The van der Waals surface area contributed by atoms with Crippen LogP contribution in [0.5, 0.6) is 0 Å². The zero-order valence-electron chi connectivity index (χ0n) is 13.2. The fourth-order valence-electron chi connectivity index (χ4n) is 2.80. The summed E-state index contributed by atoms with van der Waals surface area (Å²) in [7, 11) is 0. The van der Waals surface area contributed by atoms with Crippen molar-refractivity contribution in [1.29, 1.82) is 0 Å². The number of rotatable bonds is 3. The van der Waals surface area contributed by atoms with Crippen molar-refractivity contribution in [2.24, 2.45) is 0 Å². The summed E-state index contributed by atoms with van der Waals surface area (Å²) in [6.07, 6.45) is 2.56. The van der Waals surface area contributed by atoms with Crippen LogP contribution in [0.3, 0.4) is 0 Å². The lowest BCUT2D eigenvalue weighted by Gasteiger charge is -2.35. The van der Waals surface area contributed by atoms with E-state index in [1.165, 1.54) is 30.6 Å². The first-order chi connectivity index (χ1) is 12.0. The second-order valence-electron chi connectivity index (χ2n) is 5.62. The number of halogens is 1. The maximum atomic E-state index is 12.4. The molecule has 9 heteroatoms. The van der Waals surface area contributed by atoms with Gasteiger partial charge in [-0.3, -0.25) is 14.9 Å². The van der Waals surface area contributed by atoms with Crippen LogP contribution in [0.4, 0.5) is 11.4 Å². The largest absolute Gasteiger partial charge is 0.619 e. The normalized spacial score (nSPS) is 14.4. The highest BCUT2D eigenvalue weighted by Crippen LogP contribution is 2.31. The quantitative estimate of drug-likeness (QED) is 0.359. The molecule has 8 nitrogen and oxygen atoms in total. The van der Waals surface area contributed by atoms with E-state index in [4.69, 9.17) is 11.6 Å². The van der Waals surface area contributed by atoms with Crippen molar-refractivity contribution in [3.05, 3.63) is 68.6 Å². The number of nitro benzene ring substituents is 1. The molecule has 1 saturated heterocycles. The number of benzene rings is 1. The second kappa shape index (κ2) is 6.94. The molecule has 2 aromatic rings. The number of nitrogens with zero attached hydrogens (tertiary/aromatic N) is 4. The maximum absolute atomic E-state index is 12.4. The van der Waals surface area contributed by atoms with Gasteiger partial charge in [-0.25, -0.2) is 0 Å². The predicted molar refractivity (Wildman–Crippen MR) is 91.6 cm³/mol. The van der Waals surface area contributed by atoms with Gasteiger partial charge >= 0.3 is 0 Å². The molecule has 1 aromatic carbocycles. The van der Waals surface area contributed by atoms with Crippen LogP contribution in [-0.4, -0.2) is 41.9 Å². The van der Waals surface area contributed by atoms with E-state index in [1.807, 2.05) is 4.90 Å². The first-order valence-corrected chi connectivity index (χ1v) is 8.00. The molecule has 25 heavy (non-hydrogen) atoms. The number of aromatic nitrogens is 1. The van der Waals surface area contributed by atoms with Crippen LogP contribution < -0.4 is 9.63 Å². The maximum Gasteiger partial charge on any atom is 0.294 e. The summed E-state index contributed by atoms with van der Waals surface area (Å²) < 4.78 is 0.619. The average Bonchev–Trinajstić information content (AvgIpc) is 2.62. The monoisotopic (exact) mass is 362 g/mol. The predicted octanol–water partition coefficient (Wildman–Crippen LogP) is 1.84. The van der Waals surface area contributed by atoms with Crippen LogP contribution in [0.15, 0.2) is 42.7 Å². The molecule has 1 aromatic heterocycles. The minimum absolute atomic E-state index is 0.0460. The Morgan fingerprint density at radius 1 is 1.12 bits per heavy atom. The lowest BCUT2D eigenvalue weighted by atomic mass is 10.2. The van der Waals surface area contributed by atoms with Gasteiger partial charge in [0, 0.05) is 49.4 Å². The van der Waals surface area contributed by atoms with Crippen molar-refractivity contribution in [2.75, 3.05) is 31.1 Å². The molecule has 0 saturated carbocycles. The molecule has 2 heterocycles. The van der Waals surface area contributed by atoms with Crippen molar-refractivity contribution in [3.8, 4) is 0 Å². The van der Waals surface area contributed by atoms with Gasteiger partial charge in [0.05, 0.1) is 10.5 Å². The van der Waals surface area contributed by atoms with Gasteiger partial charge in [0.1, 0.15) is 5.69 Å². The SMILES string of the molecule is O=C(c1cc[n+]([O-])cc1)N1CCN(c2ccc(Cl)cc2[N+](=O)[O-])CC1. The Hall–Kier alpha value is -2.87. The zero-order chi connectivity index (χ0) is 18.0. The summed E-state index contributed by atoms with van der Waals surface area (Å²) in [5, 5.41) is 22.6. The lowest BCUT2D eigenvalue weighted by Crippen LogP contribution is -2.49. The molecule has 1 aliphatic rings. The van der Waals surface area contributed by atoms with Gasteiger partial charge in [-0.05, 0) is 12.1 Å². The highest BCUT2D eigenvalue weighted by molar-refractivity contribution is 6.30. The highest BCUT2D eigenvalue weighted by atomic mass is 35.5. The van der Waals surface area contributed by atoms with Gasteiger partial charge in [-0.1, -0.05) is 11.6 Å². The van der Waals surface area contributed by atoms with E-state index in [0.29, 0.717) is 47.2 Å². The molecular formula is C16H15ClN4O4. The topological polar surface area (TPSA) is 93.6 Å². The number of nitro groups is 1. The molecule has 0 bridgehead atoms. The first-order valence-electron chi connectivity index (χ1n) is 7.63. The molecule has 1 amide bonds. The average molecular weight is 363 g/mol. The summed E-state index contributed by atoms with van der Waals surface area (Å²) in [5.41, 5.74) is 0.891. The molecule has 0 radical (unpaired) electrons. The minimum atomic E-state index is -0.457. The van der Waals surface area contributed by atoms with E-state index < -0.39 is 4.92 Å². The van der Waals surface area contributed by atoms with Gasteiger partial charge < -0.3 is 15.0 Å². The van der Waals surface area contributed by atoms with Crippen molar-refractivity contribution in [1.82, 2.24) is 4.90 Å². The molecule has 0 atom stereocenters. The van der Waals surface area contributed by atoms with Crippen molar-refractivity contribution in [3.63, 3.8) is 0 Å². The van der Waals surface area contributed by atoms with E-state index in [-0.39, 0.29) is 11.6 Å². The highest BCUT2D eigenvalue weighted by Gasteiger charge is 2.26. The Balaban J connectivity index is 1.71. The van der Waals surface area contributed by atoms with E-state index in [1.54, 1.807) is 17.0 Å². The summed E-state index contributed by atoms with van der Waals surface area (Å²) in [5.74, 6) is -0.161. The van der Waals surface area contributed by atoms with Crippen LogP contribution in [0.1, 0.15) is 10.4 Å². The zero-order valence-corrected chi connectivity index (χ0v) is 13.9. The number of hydrogen-bond acceptors (Lipinski definition) is 5. The van der Waals surface area contributed by atoms with Crippen LogP contribution >= 0.6 is 11.6 Å². The molecule has 1 fully saturated rings. The fraction of sp³-hybridized carbons (Fsp3) is 0.250. The Morgan fingerprint density at radius 2 is 1.76 bits per heavy atom. The third-order valence-corrected chi connectivity index (χ3v) is 4.33. The number of pyridine rings is 1. The summed E-state index contributed by atoms with van der Waals surface area (Å²) in [6.45, 7) is 1.82. The Bertz CT molecular complexity index is 804. The Labute approximate surface area is 148 Å². The van der Waals surface area contributed by atoms with E-state index in [2.05, 4.69) is 0 Å². The number of carbonyl (C=O) groups is 1. The lowest BCUT2D eigenvalue weighted by molar-refractivity contribution is -0.605. The van der Waals surface area contributed by atoms with E-state index in [0.717, 1.165) is 0 Å². The number of anilines is 1. The molecule has 0 aliphatic carbocycles. The van der Waals surface area contributed by atoms with Crippen molar-refractivity contribution >= 4 is 28.9 Å². The van der Waals surface area contributed by atoms with Crippen LogP contribution in [0.25, 0.3) is 0 Å². The third kappa shape index (κ3) is 3.63. The summed E-state index contributed by atoms with van der Waals surface area (Å²) in [4.78, 5) is 26.8. The fourth-order valence-corrected chi connectivity index (χ4v) is 2.96.